The highest BCUT2D eigenvalue weighted by Gasteiger charge is 2.46. The van der Waals surface area contributed by atoms with Gasteiger partial charge in [-0.25, -0.2) is 29.9 Å². The monoisotopic (exact) mass is 618 g/mol. The van der Waals surface area contributed by atoms with Crippen LogP contribution in [0, 0.1) is 0 Å². The molecular weight excluding hydrogens is 584 g/mol. The van der Waals surface area contributed by atoms with Crippen LogP contribution in [0.1, 0.15) is 25.3 Å². The van der Waals surface area contributed by atoms with Gasteiger partial charge in [0.2, 0.25) is 11.9 Å². The minimum absolute atomic E-state index is 0.121. The minimum Gasteiger partial charge on any atom is -0.394 e. The molecule has 0 radical (unpaired) electrons. The van der Waals surface area contributed by atoms with Crippen LogP contribution in [0.15, 0.2) is 12.7 Å². The zero-order chi connectivity index (χ0) is 31.1. The first kappa shape index (κ1) is 30.0. The molecule has 20 heteroatoms. The Labute approximate surface area is 248 Å². The molecule has 0 spiro atoms. The van der Waals surface area contributed by atoms with Crippen molar-refractivity contribution in [1.82, 2.24) is 39.0 Å². The quantitative estimate of drug-likeness (QED) is 0.0734. The minimum atomic E-state index is -1.36. The molecule has 2 saturated heterocycles. The number of nitrogens with two attached hydrogens (primary N) is 2. The van der Waals surface area contributed by atoms with Crippen molar-refractivity contribution in [2.45, 2.75) is 61.9 Å². The summed E-state index contributed by atoms with van der Waals surface area (Å²) in [6.45, 7) is -0.154. The summed E-state index contributed by atoms with van der Waals surface area (Å²) in [4.78, 5) is 25.4. The van der Waals surface area contributed by atoms with Crippen molar-refractivity contribution in [1.29, 1.82) is 0 Å². The molecule has 12 N–H and O–H groups in total. The highest BCUT2D eigenvalue weighted by molar-refractivity contribution is 5.84. The summed E-state index contributed by atoms with van der Waals surface area (Å²) in [5.41, 5.74) is 13.1. The number of aliphatic hydroxyl groups is 6. The second-order valence-corrected chi connectivity index (χ2v) is 10.5. The maximum Gasteiger partial charge on any atom is 0.207 e. The van der Waals surface area contributed by atoms with E-state index in [1.165, 1.54) is 21.8 Å². The summed E-state index contributed by atoms with van der Waals surface area (Å²) in [5, 5.41) is 67.3. The van der Waals surface area contributed by atoms with Crippen LogP contribution in [0.5, 0.6) is 0 Å². The zero-order valence-corrected chi connectivity index (χ0v) is 23.2. The SMILES string of the molecule is Nc1ncnc2c1nc(NCCCCNc1nc3c(N)ncnc3n1[C@H]1O[C@@H](CO)[C@@H](O)[C@H]1O)n2[C@@H]1O[C@@H](CO)[C@@H](O)[C@H]1O. The number of aromatic nitrogens is 8. The third-order valence-corrected chi connectivity index (χ3v) is 7.72. The molecule has 238 valence electrons. The number of unbranched alkanes of at least 4 members (excludes halogenated alkanes) is 1. The number of rotatable bonds is 11. The molecule has 4 aromatic rings. The van der Waals surface area contributed by atoms with Crippen molar-refractivity contribution in [3.63, 3.8) is 0 Å². The van der Waals surface area contributed by atoms with Crippen molar-refractivity contribution in [2.75, 3.05) is 48.4 Å². The first-order valence-electron chi connectivity index (χ1n) is 13.9. The van der Waals surface area contributed by atoms with Gasteiger partial charge in [-0.2, -0.15) is 0 Å². The van der Waals surface area contributed by atoms with Crippen LogP contribution < -0.4 is 22.1 Å². The van der Waals surface area contributed by atoms with Crippen LogP contribution in [-0.2, 0) is 9.47 Å². The maximum absolute atomic E-state index is 10.6. The summed E-state index contributed by atoms with van der Waals surface area (Å²) >= 11 is 0. The van der Waals surface area contributed by atoms with E-state index in [1.807, 2.05) is 0 Å². The van der Waals surface area contributed by atoms with E-state index in [-0.39, 0.29) is 45.9 Å². The van der Waals surface area contributed by atoms with Gasteiger partial charge < -0.3 is 62.2 Å². The van der Waals surface area contributed by atoms with Gasteiger partial charge in [-0.3, -0.25) is 9.13 Å². The van der Waals surface area contributed by atoms with Gasteiger partial charge in [0.05, 0.1) is 13.2 Å². The molecule has 0 bridgehead atoms. The fraction of sp³-hybridized carbons (Fsp3) is 0.583. The molecule has 4 aromatic heterocycles. The first-order valence-corrected chi connectivity index (χ1v) is 13.9. The number of imidazole rings is 2. The number of ether oxygens (including phenoxy) is 2. The molecule has 0 unspecified atom stereocenters. The molecule has 8 atom stereocenters. The fourth-order valence-corrected chi connectivity index (χ4v) is 5.42. The number of fused-ring (bicyclic) bond motifs is 2. The predicted molar refractivity (Wildman–Crippen MR) is 152 cm³/mol. The normalized spacial score (nSPS) is 28.8. The van der Waals surface area contributed by atoms with Crippen LogP contribution >= 0.6 is 0 Å². The lowest BCUT2D eigenvalue weighted by atomic mass is 10.1. The number of nitrogen functional groups attached to an aromatic ring is 2. The summed E-state index contributed by atoms with van der Waals surface area (Å²) in [7, 11) is 0. The molecule has 0 aromatic carbocycles. The largest absolute Gasteiger partial charge is 0.394 e. The van der Waals surface area contributed by atoms with E-state index in [1.54, 1.807) is 0 Å². The number of nitrogens with one attached hydrogen (secondary N) is 2. The van der Waals surface area contributed by atoms with Crippen molar-refractivity contribution in [3.05, 3.63) is 12.7 Å². The van der Waals surface area contributed by atoms with Gasteiger partial charge in [0, 0.05) is 13.1 Å². The van der Waals surface area contributed by atoms with Crippen LogP contribution in [0.25, 0.3) is 22.3 Å². The highest BCUT2D eigenvalue weighted by atomic mass is 16.6. The number of hydrogen-bond donors (Lipinski definition) is 10. The Morgan fingerprint density at radius 3 is 1.43 bits per heavy atom. The molecule has 2 aliphatic rings. The summed E-state index contributed by atoms with van der Waals surface area (Å²) in [5.74, 6) is 0.788. The van der Waals surface area contributed by atoms with Crippen LogP contribution in [0.2, 0.25) is 0 Å². The predicted octanol–water partition coefficient (Wildman–Crippen LogP) is -3.34. The maximum atomic E-state index is 10.6. The Bertz CT molecular complexity index is 1500. The Morgan fingerprint density at radius 2 is 1.07 bits per heavy atom. The van der Waals surface area contributed by atoms with Gasteiger partial charge in [-0.1, -0.05) is 0 Å². The van der Waals surface area contributed by atoms with E-state index in [2.05, 4.69) is 40.5 Å². The van der Waals surface area contributed by atoms with Crippen LogP contribution in [0.3, 0.4) is 0 Å². The zero-order valence-electron chi connectivity index (χ0n) is 23.2. The number of hydrogen-bond acceptors (Lipinski definition) is 18. The molecule has 0 aliphatic carbocycles. The lowest BCUT2D eigenvalue weighted by Gasteiger charge is -2.20. The lowest BCUT2D eigenvalue weighted by molar-refractivity contribution is -0.0501. The second-order valence-electron chi connectivity index (χ2n) is 10.5. The molecule has 0 saturated carbocycles. The van der Waals surface area contributed by atoms with E-state index in [4.69, 9.17) is 20.9 Å². The molecule has 2 aliphatic heterocycles. The van der Waals surface area contributed by atoms with E-state index in [0.29, 0.717) is 25.9 Å². The van der Waals surface area contributed by atoms with Crippen molar-refractivity contribution >= 4 is 45.9 Å². The standard InChI is InChI=1S/C24H34N12O8/c25-17-11-19(31-7-29-17)35(21-15(41)13(39)9(5-37)43-21)23(33-11)27-3-1-2-4-28-24-34-12-18(26)30-8-32-20(12)36(24)22-16(42)14(40)10(6-38)44-22/h7-10,13-16,21-22,37-42H,1-6H2,(H,27,33)(H,28,34)(H2,25,29,31)(H2,26,30,32)/t9-,10-,13+,14+,15+,16+,21-,22+/m0/s1. The summed E-state index contributed by atoms with van der Waals surface area (Å²) in [6, 6.07) is 0. The number of nitrogens with zero attached hydrogens (tertiary/aromatic N) is 8. The van der Waals surface area contributed by atoms with Gasteiger partial charge in [0.1, 0.15) is 49.3 Å². The Balaban J connectivity index is 1.14. The smallest absolute Gasteiger partial charge is 0.207 e. The van der Waals surface area contributed by atoms with Crippen LogP contribution in [-0.4, -0.2) is 133 Å². The highest BCUT2D eigenvalue weighted by Crippen LogP contribution is 2.36. The molecule has 20 nitrogen and oxygen atoms in total. The Kier molecular flexibility index (Phi) is 8.30. The third-order valence-electron chi connectivity index (χ3n) is 7.72. The summed E-state index contributed by atoms with van der Waals surface area (Å²) in [6.07, 6.45) is -5.81. The van der Waals surface area contributed by atoms with Crippen molar-refractivity contribution in [2.24, 2.45) is 0 Å². The van der Waals surface area contributed by atoms with Gasteiger partial charge in [-0.15, -0.1) is 0 Å². The fourth-order valence-electron chi connectivity index (χ4n) is 5.42. The average molecular weight is 619 g/mol. The lowest BCUT2D eigenvalue weighted by Crippen LogP contribution is -2.33. The van der Waals surface area contributed by atoms with E-state index in [0.717, 1.165) is 0 Å². The number of aliphatic hydroxyl groups excluding tert-OH is 6. The molecule has 0 amide bonds. The first-order chi connectivity index (χ1) is 21.2. The van der Waals surface area contributed by atoms with E-state index < -0.39 is 62.3 Å². The third kappa shape index (κ3) is 5.09. The molecule has 44 heavy (non-hydrogen) atoms. The second kappa shape index (κ2) is 12.2. The Morgan fingerprint density at radius 1 is 0.659 bits per heavy atom. The van der Waals surface area contributed by atoms with Crippen molar-refractivity contribution < 1.29 is 40.1 Å². The van der Waals surface area contributed by atoms with Crippen LogP contribution in [0.4, 0.5) is 23.5 Å². The van der Waals surface area contributed by atoms with E-state index >= 15 is 0 Å². The van der Waals surface area contributed by atoms with Gasteiger partial charge in [-0.05, 0) is 12.8 Å². The molecule has 6 heterocycles. The van der Waals surface area contributed by atoms with Crippen molar-refractivity contribution in [3.8, 4) is 0 Å². The van der Waals surface area contributed by atoms with Gasteiger partial charge >= 0.3 is 0 Å². The van der Waals surface area contributed by atoms with Gasteiger partial charge in [0.25, 0.3) is 0 Å². The average Bonchev–Trinajstić information content (AvgIpc) is 3.73. The van der Waals surface area contributed by atoms with Gasteiger partial charge in [0.15, 0.2) is 46.4 Å². The Hall–Kier alpha value is -4.02. The topological polar surface area (TPSA) is 303 Å². The summed E-state index contributed by atoms with van der Waals surface area (Å²) < 4.78 is 14.4. The molecule has 2 fully saturated rings. The number of anilines is 4. The molecular formula is C24H34N12O8. The van der Waals surface area contributed by atoms with E-state index in [9.17, 15) is 30.6 Å². The molecule has 6 rings (SSSR count).